The Labute approximate surface area is 110 Å². The minimum absolute atomic E-state index is 0.0503. The molecule has 1 rings (SSSR count). The molecular formula is C13H16ClF3O. The summed E-state index contributed by atoms with van der Waals surface area (Å²) in [7, 11) is 0. The molecule has 0 N–H and O–H groups in total. The third kappa shape index (κ3) is 4.09. The molecule has 0 bridgehead atoms. The van der Waals surface area contributed by atoms with E-state index in [0.717, 1.165) is 12.5 Å². The van der Waals surface area contributed by atoms with Crippen molar-refractivity contribution in [1.29, 1.82) is 0 Å². The van der Waals surface area contributed by atoms with Gasteiger partial charge in [-0.25, -0.2) is 0 Å². The largest absolute Gasteiger partial charge is 0.493 e. The molecule has 1 aromatic rings. The Morgan fingerprint density at radius 3 is 2.50 bits per heavy atom. The molecule has 0 spiro atoms. The molecule has 1 aromatic carbocycles. The summed E-state index contributed by atoms with van der Waals surface area (Å²) >= 11 is 5.54. The van der Waals surface area contributed by atoms with Crippen LogP contribution in [-0.4, -0.2) is 6.61 Å². The van der Waals surface area contributed by atoms with Crippen LogP contribution < -0.4 is 4.74 Å². The van der Waals surface area contributed by atoms with E-state index in [1.807, 2.05) is 13.8 Å². The van der Waals surface area contributed by atoms with Crippen molar-refractivity contribution in [3.05, 3.63) is 29.3 Å². The maximum Gasteiger partial charge on any atom is 0.419 e. The monoisotopic (exact) mass is 280 g/mol. The van der Waals surface area contributed by atoms with Gasteiger partial charge in [-0.3, -0.25) is 0 Å². The molecular weight excluding hydrogens is 265 g/mol. The summed E-state index contributed by atoms with van der Waals surface area (Å²) in [6, 6.07) is 3.93. The summed E-state index contributed by atoms with van der Waals surface area (Å²) in [5.74, 6) is 0.143. The van der Waals surface area contributed by atoms with Gasteiger partial charge < -0.3 is 4.74 Å². The predicted octanol–water partition coefficient (Wildman–Crippen LogP) is 4.87. The zero-order valence-electron chi connectivity index (χ0n) is 10.4. The fraction of sp³-hybridized carbons (Fsp3) is 0.538. The predicted molar refractivity (Wildman–Crippen MR) is 66.0 cm³/mol. The molecule has 1 unspecified atom stereocenters. The third-order valence-corrected chi connectivity index (χ3v) is 3.03. The summed E-state index contributed by atoms with van der Waals surface area (Å²) in [4.78, 5) is 0. The van der Waals surface area contributed by atoms with Gasteiger partial charge in [-0.15, -0.1) is 11.6 Å². The van der Waals surface area contributed by atoms with Crippen molar-refractivity contribution in [3.63, 3.8) is 0 Å². The number of alkyl halides is 4. The molecule has 0 saturated heterocycles. The number of halogens is 4. The first-order valence-electron chi connectivity index (χ1n) is 5.77. The molecule has 102 valence electrons. The molecule has 0 fully saturated rings. The van der Waals surface area contributed by atoms with Crippen molar-refractivity contribution in [2.45, 2.75) is 32.3 Å². The minimum atomic E-state index is -4.42. The molecule has 0 amide bonds. The highest BCUT2D eigenvalue weighted by molar-refractivity contribution is 6.17. The Balaban J connectivity index is 2.96. The molecule has 0 saturated carbocycles. The van der Waals surface area contributed by atoms with Gasteiger partial charge in [0.15, 0.2) is 0 Å². The van der Waals surface area contributed by atoms with Gasteiger partial charge in [0.2, 0.25) is 0 Å². The SMILES string of the molecule is CCC(C)COc1ccc(CCl)cc1C(F)(F)F. The van der Waals surface area contributed by atoms with Gasteiger partial charge in [0.05, 0.1) is 12.2 Å². The second-order valence-corrected chi connectivity index (χ2v) is 4.55. The molecule has 0 radical (unpaired) electrons. The highest BCUT2D eigenvalue weighted by Crippen LogP contribution is 2.37. The fourth-order valence-electron chi connectivity index (χ4n) is 1.36. The van der Waals surface area contributed by atoms with Crippen LogP contribution in [0.3, 0.4) is 0 Å². The molecule has 5 heteroatoms. The Hall–Kier alpha value is -0.900. The van der Waals surface area contributed by atoms with Crippen LogP contribution in [0.2, 0.25) is 0 Å². The number of benzene rings is 1. The fourth-order valence-corrected chi connectivity index (χ4v) is 1.52. The van der Waals surface area contributed by atoms with Gasteiger partial charge in [-0.2, -0.15) is 13.2 Å². The first kappa shape index (κ1) is 15.2. The zero-order chi connectivity index (χ0) is 13.8. The van der Waals surface area contributed by atoms with E-state index in [2.05, 4.69) is 0 Å². The highest BCUT2D eigenvalue weighted by Gasteiger charge is 2.34. The van der Waals surface area contributed by atoms with Crippen LogP contribution in [0, 0.1) is 5.92 Å². The van der Waals surface area contributed by atoms with Crippen LogP contribution in [0.25, 0.3) is 0 Å². The van der Waals surface area contributed by atoms with Gasteiger partial charge >= 0.3 is 6.18 Å². The zero-order valence-corrected chi connectivity index (χ0v) is 11.1. The lowest BCUT2D eigenvalue weighted by Gasteiger charge is -2.16. The summed E-state index contributed by atoms with van der Waals surface area (Å²) in [5, 5.41) is 0. The topological polar surface area (TPSA) is 9.23 Å². The normalized spacial score (nSPS) is 13.4. The minimum Gasteiger partial charge on any atom is -0.493 e. The average Bonchev–Trinajstić information content (AvgIpc) is 2.34. The molecule has 0 aliphatic carbocycles. The molecule has 0 aliphatic heterocycles. The van der Waals surface area contributed by atoms with E-state index in [1.165, 1.54) is 6.07 Å². The lowest BCUT2D eigenvalue weighted by Crippen LogP contribution is -2.13. The van der Waals surface area contributed by atoms with Crippen molar-refractivity contribution in [1.82, 2.24) is 0 Å². The maximum absolute atomic E-state index is 12.8. The van der Waals surface area contributed by atoms with E-state index in [0.29, 0.717) is 5.56 Å². The molecule has 18 heavy (non-hydrogen) atoms. The highest BCUT2D eigenvalue weighted by atomic mass is 35.5. The van der Waals surface area contributed by atoms with Gasteiger partial charge in [-0.05, 0) is 23.6 Å². The third-order valence-electron chi connectivity index (χ3n) is 2.72. The lowest BCUT2D eigenvalue weighted by molar-refractivity contribution is -0.139. The maximum atomic E-state index is 12.8. The van der Waals surface area contributed by atoms with Crippen molar-refractivity contribution >= 4 is 11.6 Å². The Bertz CT molecular complexity index is 390. The van der Waals surface area contributed by atoms with Crippen LogP contribution in [0.1, 0.15) is 31.4 Å². The molecule has 1 nitrogen and oxygen atoms in total. The summed E-state index contributed by atoms with van der Waals surface area (Å²) < 4.78 is 43.8. The van der Waals surface area contributed by atoms with Crippen LogP contribution >= 0.6 is 11.6 Å². The Kier molecular flexibility index (Phi) is 5.32. The molecule has 0 aromatic heterocycles. The van der Waals surface area contributed by atoms with Crippen molar-refractivity contribution in [3.8, 4) is 5.75 Å². The van der Waals surface area contributed by atoms with Crippen molar-refractivity contribution in [2.75, 3.05) is 6.61 Å². The van der Waals surface area contributed by atoms with Gasteiger partial charge in [0.1, 0.15) is 5.75 Å². The summed E-state index contributed by atoms with van der Waals surface area (Å²) in [6.07, 6.45) is -3.56. The Morgan fingerprint density at radius 2 is 2.00 bits per heavy atom. The van der Waals surface area contributed by atoms with E-state index in [-0.39, 0.29) is 24.2 Å². The van der Waals surface area contributed by atoms with Crippen molar-refractivity contribution < 1.29 is 17.9 Å². The van der Waals surface area contributed by atoms with E-state index in [1.54, 1.807) is 6.07 Å². The smallest absolute Gasteiger partial charge is 0.419 e. The van der Waals surface area contributed by atoms with E-state index in [4.69, 9.17) is 16.3 Å². The van der Waals surface area contributed by atoms with Gasteiger partial charge in [0, 0.05) is 5.88 Å². The molecule has 0 aliphatic rings. The van der Waals surface area contributed by atoms with Crippen LogP contribution in [0.4, 0.5) is 13.2 Å². The lowest BCUT2D eigenvalue weighted by atomic mass is 10.1. The second kappa shape index (κ2) is 6.32. The number of ether oxygens (including phenoxy) is 1. The number of rotatable bonds is 5. The summed E-state index contributed by atoms with van der Waals surface area (Å²) in [5.41, 5.74) is -0.330. The Morgan fingerprint density at radius 1 is 1.33 bits per heavy atom. The average molecular weight is 281 g/mol. The first-order chi connectivity index (χ1) is 8.38. The van der Waals surface area contributed by atoms with Crippen LogP contribution in [0.5, 0.6) is 5.75 Å². The first-order valence-corrected chi connectivity index (χ1v) is 6.30. The van der Waals surface area contributed by atoms with E-state index >= 15 is 0 Å². The number of hydrogen-bond donors (Lipinski definition) is 0. The summed E-state index contributed by atoms with van der Waals surface area (Å²) in [6.45, 7) is 4.18. The van der Waals surface area contributed by atoms with Crippen molar-refractivity contribution in [2.24, 2.45) is 5.92 Å². The quantitative estimate of drug-likeness (QED) is 0.699. The van der Waals surface area contributed by atoms with E-state index in [9.17, 15) is 13.2 Å². The molecule has 1 atom stereocenters. The van der Waals surface area contributed by atoms with Crippen LogP contribution in [0.15, 0.2) is 18.2 Å². The van der Waals surface area contributed by atoms with E-state index < -0.39 is 11.7 Å². The van der Waals surface area contributed by atoms with Crippen LogP contribution in [-0.2, 0) is 12.1 Å². The van der Waals surface area contributed by atoms with Gasteiger partial charge in [-0.1, -0.05) is 26.3 Å². The second-order valence-electron chi connectivity index (χ2n) is 4.29. The standard InChI is InChI=1S/C13H16ClF3O/c1-3-9(2)8-18-12-5-4-10(7-14)6-11(12)13(15,16)17/h4-6,9H,3,7-8H2,1-2H3. The van der Waals surface area contributed by atoms with Gasteiger partial charge in [0.25, 0.3) is 0 Å². The number of hydrogen-bond acceptors (Lipinski definition) is 1. The molecule has 0 heterocycles.